The lowest BCUT2D eigenvalue weighted by molar-refractivity contribution is -0.116. The van der Waals surface area contributed by atoms with E-state index in [0.29, 0.717) is 6.54 Å². The Morgan fingerprint density at radius 2 is 2.23 bits per heavy atom. The summed E-state index contributed by atoms with van der Waals surface area (Å²) in [4.78, 5) is 4.90. The number of hydrogen-bond acceptors (Lipinski definition) is 2. The minimum atomic E-state index is -0.399. The van der Waals surface area contributed by atoms with Crippen molar-refractivity contribution in [1.82, 2.24) is 5.06 Å². The Balaban J connectivity index is 2.73. The van der Waals surface area contributed by atoms with Gasteiger partial charge in [-0.2, -0.15) is 5.06 Å². The summed E-state index contributed by atoms with van der Waals surface area (Å²) in [5, 5.41) is 1.74. The Morgan fingerprint density at radius 1 is 1.54 bits per heavy atom. The van der Waals surface area contributed by atoms with E-state index in [1.165, 1.54) is 12.1 Å². The van der Waals surface area contributed by atoms with Gasteiger partial charge in [0.05, 0.1) is 12.1 Å². The van der Waals surface area contributed by atoms with Crippen LogP contribution in [0.1, 0.15) is 5.56 Å². The number of hydroxylamine groups is 2. The summed E-state index contributed by atoms with van der Waals surface area (Å²) >= 11 is 5.53. The molecule has 0 saturated carbocycles. The molecule has 0 radical (unpaired) electrons. The van der Waals surface area contributed by atoms with Crippen molar-refractivity contribution >= 4 is 11.6 Å². The number of rotatable bonds is 3. The van der Waals surface area contributed by atoms with E-state index in [9.17, 15) is 4.39 Å². The van der Waals surface area contributed by atoms with E-state index < -0.39 is 5.82 Å². The zero-order valence-electron chi connectivity index (χ0n) is 7.55. The smallest absolute Gasteiger partial charge is 0.142 e. The highest BCUT2D eigenvalue weighted by Gasteiger charge is 2.02. The molecule has 0 fully saturated rings. The number of nitrogens with zero attached hydrogens (tertiary/aromatic N) is 1. The molecule has 2 nitrogen and oxygen atoms in total. The van der Waals surface area contributed by atoms with E-state index in [1.807, 2.05) is 0 Å². The summed E-state index contributed by atoms with van der Waals surface area (Å²) in [5.74, 6) is -0.399. The molecule has 0 aliphatic carbocycles. The lowest BCUT2D eigenvalue weighted by atomic mass is 10.2. The molecule has 0 unspecified atom stereocenters. The highest BCUT2D eigenvalue weighted by atomic mass is 35.5. The molecule has 0 atom stereocenters. The zero-order chi connectivity index (χ0) is 9.84. The van der Waals surface area contributed by atoms with Crippen LogP contribution in [0.2, 0.25) is 5.02 Å². The van der Waals surface area contributed by atoms with Crippen LogP contribution < -0.4 is 0 Å². The highest BCUT2D eigenvalue weighted by molar-refractivity contribution is 6.30. The third kappa shape index (κ3) is 2.95. The van der Waals surface area contributed by atoms with Crippen molar-refractivity contribution in [2.75, 3.05) is 14.2 Å². The predicted molar refractivity (Wildman–Crippen MR) is 49.9 cm³/mol. The van der Waals surface area contributed by atoms with E-state index in [4.69, 9.17) is 16.4 Å². The molecule has 0 bridgehead atoms. The van der Waals surface area contributed by atoms with Gasteiger partial charge in [-0.15, -0.1) is 0 Å². The molecule has 0 heterocycles. The van der Waals surface area contributed by atoms with Gasteiger partial charge in [-0.05, 0) is 17.7 Å². The van der Waals surface area contributed by atoms with Gasteiger partial charge in [-0.1, -0.05) is 17.7 Å². The summed E-state index contributed by atoms with van der Waals surface area (Å²) in [6.07, 6.45) is 0. The third-order valence-electron chi connectivity index (χ3n) is 1.70. The molecule has 1 aromatic carbocycles. The van der Waals surface area contributed by atoms with Gasteiger partial charge in [0, 0.05) is 13.6 Å². The van der Waals surface area contributed by atoms with Gasteiger partial charge in [0.1, 0.15) is 5.82 Å². The Bertz CT molecular complexity index is 293. The lowest BCUT2D eigenvalue weighted by Crippen LogP contribution is -2.15. The van der Waals surface area contributed by atoms with Crippen molar-refractivity contribution in [3.05, 3.63) is 34.6 Å². The Kier molecular flexibility index (Phi) is 3.66. The van der Waals surface area contributed by atoms with Crippen LogP contribution in [0.5, 0.6) is 0 Å². The van der Waals surface area contributed by atoms with Crippen LogP contribution in [0, 0.1) is 5.82 Å². The first-order valence-electron chi connectivity index (χ1n) is 3.82. The Morgan fingerprint density at radius 3 is 2.77 bits per heavy atom. The van der Waals surface area contributed by atoms with Crippen LogP contribution in [0.4, 0.5) is 4.39 Å². The summed E-state index contributed by atoms with van der Waals surface area (Å²) < 4.78 is 12.9. The fourth-order valence-electron chi connectivity index (χ4n) is 0.960. The maximum absolute atomic E-state index is 12.9. The van der Waals surface area contributed by atoms with Gasteiger partial charge < -0.3 is 4.84 Å². The van der Waals surface area contributed by atoms with Gasteiger partial charge in [-0.25, -0.2) is 4.39 Å². The molecule has 0 spiro atoms. The normalized spacial score (nSPS) is 10.8. The summed E-state index contributed by atoms with van der Waals surface area (Å²) in [6, 6.07) is 4.70. The predicted octanol–water partition coefficient (Wildman–Crippen LogP) is 2.47. The quantitative estimate of drug-likeness (QED) is 0.700. The summed E-state index contributed by atoms with van der Waals surface area (Å²) in [7, 11) is 3.33. The fraction of sp³-hybridized carbons (Fsp3) is 0.333. The van der Waals surface area contributed by atoms with Crippen molar-refractivity contribution in [1.29, 1.82) is 0 Å². The first-order chi connectivity index (χ1) is 6.13. The standard InChI is InChI=1S/C9H11ClFNO/c1-12(13-2)6-7-3-4-8(10)9(11)5-7/h3-5H,6H2,1-2H3. The molecule has 0 aliphatic heterocycles. The van der Waals surface area contributed by atoms with E-state index >= 15 is 0 Å². The number of benzene rings is 1. The SMILES string of the molecule is CON(C)Cc1ccc(Cl)c(F)c1. The molecule has 4 heteroatoms. The molecule has 1 aromatic rings. The fourth-order valence-corrected chi connectivity index (χ4v) is 1.08. The van der Waals surface area contributed by atoms with Gasteiger partial charge in [-0.3, -0.25) is 0 Å². The summed E-state index contributed by atoms with van der Waals surface area (Å²) in [5.41, 5.74) is 0.825. The maximum atomic E-state index is 12.9. The molecule has 13 heavy (non-hydrogen) atoms. The maximum Gasteiger partial charge on any atom is 0.142 e. The second-order valence-electron chi connectivity index (χ2n) is 2.72. The molecule has 0 saturated heterocycles. The van der Waals surface area contributed by atoms with Gasteiger partial charge >= 0.3 is 0 Å². The Hall–Kier alpha value is -0.640. The largest absolute Gasteiger partial charge is 0.302 e. The van der Waals surface area contributed by atoms with Crippen molar-refractivity contribution in [3.8, 4) is 0 Å². The van der Waals surface area contributed by atoms with Crippen LogP contribution in [0.15, 0.2) is 18.2 Å². The van der Waals surface area contributed by atoms with E-state index in [-0.39, 0.29) is 5.02 Å². The van der Waals surface area contributed by atoms with Crippen LogP contribution >= 0.6 is 11.6 Å². The van der Waals surface area contributed by atoms with Crippen LogP contribution in [-0.4, -0.2) is 19.2 Å². The molecule has 0 aromatic heterocycles. The first kappa shape index (κ1) is 10.4. The molecule has 0 N–H and O–H groups in total. The third-order valence-corrected chi connectivity index (χ3v) is 2.01. The van der Waals surface area contributed by atoms with Crippen molar-refractivity contribution in [2.45, 2.75) is 6.54 Å². The lowest BCUT2D eigenvalue weighted by Gasteiger charge is -2.13. The van der Waals surface area contributed by atoms with Gasteiger partial charge in [0.2, 0.25) is 0 Å². The molecule has 72 valence electrons. The van der Waals surface area contributed by atoms with Crippen LogP contribution in [-0.2, 0) is 11.4 Å². The summed E-state index contributed by atoms with van der Waals surface area (Å²) in [6.45, 7) is 0.532. The average Bonchev–Trinajstić information content (AvgIpc) is 2.11. The second kappa shape index (κ2) is 4.56. The molecule has 0 aliphatic rings. The minimum Gasteiger partial charge on any atom is -0.302 e. The van der Waals surface area contributed by atoms with Crippen LogP contribution in [0.3, 0.4) is 0 Å². The van der Waals surface area contributed by atoms with Crippen molar-refractivity contribution < 1.29 is 9.23 Å². The molecule has 1 rings (SSSR count). The van der Waals surface area contributed by atoms with Crippen molar-refractivity contribution in [2.24, 2.45) is 0 Å². The highest BCUT2D eigenvalue weighted by Crippen LogP contribution is 2.16. The van der Waals surface area contributed by atoms with E-state index in [2.05, 4.69) is 0 Å². The average molecular weight is 204 g/mol. The monoisotopic (exact) mass is 203 g/mol. The second-order valence-corrected chi connectivity index (χ2v) is 3.12. The number of halogens is 2. The molecular formula is C9H11ClFNO. The molecule has 0 amide bonds. The Labute approximate surface area is 81.8 Å². The van der Waals surface area contributed by atoms with E-state index in [0.717, 1.165) is 5.56 Å². The zero-order valence-corrected chi connectivity index (χ0v) is 8.31. The van der Waals surface area contributed by atoms with E-state index in [1.54, 1.807) is 25.3 Å². The van der Waals surface area contributed by atoms with Crippen LogP contribution in [0.25, 0.3) is 0 Å². The topological polar surface area (TPSA) is 12.5 Å². The van der Waals surface area contributed by atoms with Gasteiger partial charge in [0.25, 0.3) is 0 Å². The minimum absolute atomic E-state index is 0.142. The van der Waals surface area contributed by atoms with Gasteiger partial charge in [0.15, 0.2) is 0 Å². The number of hydrogen-bond donors (Lipinski definition) is 0. The van der Waals surface area contributed by atoms with Crippen molar-refractivity contribution in [3.63, 3.8) is 0 Å². The first-order valence-corrected chi connectivity index (χ1v) is 4.20. The molecular weight excluding hydrogens is 193 g/mol.